The molecule has 5 heteroatoms. The number of hydrogen-bond donors (Lipinski definition) is 0. The molecule has 0 radical (unpaired) electrons. The lowest BCUT2D eigenvalue weighted by Gasteiger charge is -2.21. The van der Waals surface area contributed by atoms with Crippen LogP contribution in [0.4, 0.5) is 0 Å². The van der Waals surface area contributed by atoms with Crippen molar-refractivity contribution in [2.45, 2.75) is 0 Å². The third kappa shape index (κ3) is 7.13. The lowest BCUT2D eigenvalue weighted by molar-refractivity contribution is 1.07. The molecule has 0 saturated heterocycles. The molecule has 0 aliphatic heterocycles. The Morgan fingerprint density at radius 2 is 0.789 bits per heavy atom. The maximum Gasteiger partial charge on any atom is 0.166 e. The SMILES string of the molecule is c1ccc(-c2cccc(-c3cc(-c4nc(-c5ccccc5)nc(-c5cccc6c7ccccc7n(-c7ccccc7)c56)n4)cc(-c4ccccc4)c3-n3c4cc5ccccc5cc4c4c5ccccc5ccc43)c2)cc1. The lowest BCUT2D eigenvalue weighted by Crippen LogP contribution is -2.05. The molecule has 0 amide bonds. The van der Waals surface area contributed by atoms with Gasteiger partial charge in [-0.2, -0.15) is 0 Å². The van der Waals surface area contributed by atoms with Gasteiger partial charge in [0.05, 0.1) is 27.8 Å². The van der Waals surface area contributed by atoms with E-state index in [1.165, 1.54) is 32.3 Å². The zero-order chi connectivity index (χ0) is 50.1. The predicted octanol–water partition coefficient (Wildman–Crippen LogP) is 18.4. The third-order valence-corrected chi connectivity index (χ3v) is 15.1. The normalized spacial score (nSPS) is 11.7. The minimum Gasteiger partial charge on any atom is -0.309 e. The zero-order valence-corrected chi connectivity index (χ0v) is 41.2. The first-order valence-electron chi connectivity index (χ1n) is 25.8. The van der Waals surface area contributed by atoms with E-state index in [0.717, 1.165) is 94.3 Å². The van der Waals surface area contributed by atoms with E-state index in [4.69, 9.17) is 15.0 Å². The van der Waals surface area contributed by atoms with Crippen LogP contribution in [-0.4, -0.2) is 24.1 Å². The standard InChI is InChI=1S/C71H45N5/c1-5-21-46(22-6-1)50-30-19-31-53(41-50)61-44-54(43-60(47-23-7-2-8-24-47)68(61)76-64-40-39-48-25-15-16-34-56(48)66(64)62-42-51-28-13-14-29-52(51)45-65(62)76)70-72-69(49-26-9-3-10-27-49)73-71(74-70)59-37-20-36-58-57-35-17-18-38-63(57)75(67(58)59)55-32-11-4-12-33-55/h1-45H. The van der Waals surface area contributed by atoms with Crippen LogP contribution in [-0.2, 0) is 0 Å². The Morgan fingerprint density at radius 1 is 0.250 bits per heavy atom. The summed E-state index contributed by atoms with van der Waals surface area (Å²) < 4.78 is 4.88. The highest BCUT2D eigenvalue weighted by atomic mass is 15.1. The lowest BCUT2D eigenvalue weighted by atomic mass is 9.91. The van der Waals surface area contributed by atoms with Crippen molar-refractivity contribution in [2.75, 3.05) is 0 Å². The third-order valence-electron chi connectivity index (χ3n) is 15.1. The summed E-state index contributed by atoms with van der Waals surface area (Å²) >= 11 is 0. The largest absolute Gasteiger partial charge is 0.309 e. The van der Waals surface area contributed by atoms with Gasteiger partial charge in [-0.15, -0.1) is 0 Å². The van der Waals surface area contributed by atoms with E-state index >= 15 is 0 Å². The molecular weight excluding hydrogens is 923 g/mol. The molecule has 76 heavy (non-hydrogen) atoms. The number of benzene rings is 12. The molecule has 0 N–H and O–H groups in total. The molecule has 0 unspecified atom stereocenters. The Kier molecular flexibility index (Phi) is 10.1. The number of aromatic nitrogens is 5. The smallest absolute Gasteiger partial charge is 0.166 e. The number of para-hydroxylation sites is 3. The van der Waals surface area contributed by atoms with Crippen LogP contribution < -0.4 is 0 Å². The molecule has 3 heterocycles. The number of nitrogens with zero attached hydrogens (tertiary/aromatic N) is 5. The fraction of sp³-hybridized carbons (Fsp3) is 0. The van der Waals surface area contributed by atoms with E-state index in [9.17, 15) is 0 Å². The Balaban J connectivity index is 1.07. The van der Waals surface area contributed by atoms with Crippen molar-refractivity contribution in [1.82, 2.24) is 24.1 Å². The highest BCUT2D eigenvalue weighted by Gasteiger charge is 2.26. The van der Waals surface area contributed by atoms with E-state index in [1.54, 1.807) is 0 Å². The summed E-state index contributed by atoms with van der Waals surface area (Å²) in [6.07, 6.45) is 0. The van der Waals surface area contributed by atoms with Gasteiger partial charge >= 0.3 is 0 Å². The van der Waals surface area contributed by atoms with Gasteiger partial charge in [0.15, 0.2) is 17.5 Å². The zero-order valence-electron chi connectivity index (χ0n) is 41.2. The molecule has 0 aliphatic rings. The molecule has 0 atom stereocenters. The molecule has 0 bridgehead atoms. The van der Waals surface area contributed by atoms with E-state index in [2.05, 4.69) is 264 Å². The number of hydrogen-bond acceptors (Lipinski definition) is 3. The van der Waals surface area contributed by atoms with Crippen molar-refractivity contribution < 1.29 is 0 Å². The van der Waals surface area contributed by atoms with Crippen LogP contribution in [0.15, 0.2) is 273 Å². The molecule has 12 aromatic carbocycles. The van der Waals surface area contributed by atoms with Crippen molar-refractivity contribution in [2.24, 2.45) is 0 Å². The summed E-state index contributed by atoms with van der Waals surface area (Å²) in [5.41, 5.74) is 15.8. The second-order valence-corrected chi connectivity index (χ2v) is 19.5. The van der Waals surface area contributed by atoms with Crippen LogP contribution in [0.1, 0.15) is 0 Å². The van der Waals surface area contributed by atoms with Crippen molar-refractivity contribution in [1.29, 1.82) is 0 Å². The highest BCUT2D eigenvalue weighted by Crippen LogP contribution is 2.47. The molecule has 15 rings (SSSR count). The van der Waals surface area contributed by atoms with Crippen LogP contribution in [0, 0.1) is 0 Å². The average molecular weight is 968 g/mol. The molecule has 0 spiro atoms. The first-order chi connectivity index (χ1) is 37.7. The fourth-order valence-corrected chi connectivity index (χ4v) is 11.7. The van der Waals surface area contributed by atoms with Gasteiger partial charge in [-0.1, -0.05) is 212 Å². The van der Waals surface area contributed by atoms with E-state index in [1.807, 2.05) is 18.2 Å². The maximum absolute atomic E-state index is 5.61. The van der Waals surface area contributed by atoms with Crippen molar-refractivity contribution >= 4 is 65.2 Å². The van der Waals surface area contributed by atoms with Gasteiger partial charge < -0.3 is 9.13 Å². The quantitative estimate of drug-likeness (QED) is 0.152. The molecule has 0 aliphatic carbocycles. The van der Waals surface area contributed by atoms with Gasteiger partial charge in [-0.3, -0.25) is 0 Å². The first-order valence-corrected chi connectivity index (χ1v) is 25.8. The van der Waals surface area contributed by atoms with Crippen LogP contribution >= 0.6 is 0 Å². The molecule has 5 nitrogen and oxygen atoms in total. The molecular formula is C71H45N5. The predicted molar refractivity (Wildman–Crippen MR) is 316 cm³/mol. The summed E-state index contributed by atoms with van der Waals surface area (Å²) in [5, 5.41) is 9.53. The Morgan fingerprint density at radius 3 is 1.54 bits per heavy atom. The molecule has 0 saturated carbocycles. The van der Waals surface area contributed by atoms with Crippen LogP contribution in [0.3, 0.4) is 0 Å². The second-order valence-electron chi connectivity index (χ2n) is 19.5. The van der Waals surface area contributed by atoms with E-state index < -0.39 is 0 Å². The van der Waals surface area contributed by atoms with Crippen molar-refractivity contribution in [3.05, 3.63) is 273 Å². The topological polar surface area (TPSA) is 48.5 Å². The van der Waals surface area contributed by atoms with Gasteiger partial charge in [0, 0.05) is 55.0 Å². The summed E-state index contributed by atoms with van der Waals surface area (Å²) in [6.45, 7) is 0. The molecule has 15 aromatic rings. The van der Waals surface area contributed by atoms with Crippen LogP contribution in [0.5, 0.6) is 0 Å². The summed E-state index contributed by atoms with van der Waals surface area (Å²) in [4.78, 5) is 16.5. The fourth-order valence-electron chi connectivity index (χ4n) is 11.7. The Hall–Kier alpha value is -10.2. The first kappa shape index (κ1) is 43.4. The summed E-state index contributed by atoms with van der Waals surface area (Å²) in [7, 11) is 0. The molecule has 0 fully saturated rings. The summed E-state index contributed by atoms with van der Waals surface area (Å²) in [5.74, 6) is 1.76. The number of rotatable bonds is 8. The van der Waals surface area contributed by atoms with Crippen LogP contribution in [0.2, 0.25) is 0 Å². The van der Waals surface area contributed by atoms with E-state index in [-0.39, 0.29) is 0 Å². The van der Waals surface area contributed by atoms with Gasteiger partial charge in [0.2, 0.25) is 0 Å². The highest BCUT2D eigenvalue weighted by molar-refractivity contribution is 6.24. The minimum absolute atomic E-state index is 0.576. The van der Waals surface area contributed by atoms with Crippen molar-refractivity contribution in [3.63, 3.8) is 0 Å². The van der Waals surface area contributed by atoms with Crippen LogP contribution in [0.25, 0.3) is 144 Å². The molecule has 354 valence electrons. The van der Waals surface area contributed by atoms with E-state index in [0.29, 0.717) is 17.5 Å². The monoisotopic (exact) mass is 967 g/mol. The Bertz CT molecular complexity index is 4730. The second kappa shape index (κ2) is 17.8. The minimum atomic E-state index is 0.576. The Labute approximate surface area is 438 Å². The number of fused-ring (bicyclic) bond motifs is 9. The van der Waals surface area contributed by atoms with Crippen molar-refractivity contribution in [3.8, 4) is 78.9 Å². The van der Waals surface area contributed by atoms with Gasteiger partial charge in [-0.05, 0) is 104 Å². The van der Waals surface area contributed by atoms with Gasteiger partial charge in [0.25, 0.3) is 0 Å². The van der Waals surface area contributed by atoms with Gasteiger partial charge in [0.1, 0.15) is 0 Å². The average Bonchev–Trinajstić information content (AvgIpc) is 4.01. The summed E-state index contributed by atoms with van der Waals surface area (Å²) in [6, 6.07) is 97.9. The van der Waals surface area contributed by atoms with Gasteiger partial charge in [-0.25, -0.2) is 15.0 Å². The molecule has 3 aromatic heterocycles. The maximum atomic E-state index is 5.61.